The molecule has 31 heavy (non-hydrogen) atoms. The van der Waals surface area contributed by atoms with Crippen molar-refractivity contribution in [3.05, 3.63) is 70.5 Å². The van der Waals surface area contributed by atoms with E-state index in [0.29, 0.717) is 50.2 Å². The van der Waals surface area contributed by atoms with Gasteiger partial charge in [0, 0.05) is 11.8 Å². The second-order valence-corrected chi connectivity index (χ2v) is 7.39. The molecule has 4 rings (SSSR count). The van der Waals surface area contributed by atoms with E-state index in [1.165, 1.54) is 14.2 Å². The highest BCUT2D eigenvalue weighted by molar-refractivity contribution is 6.32. The van der Waals surface area contributed by atoms with Crippen molar-refractivity contribution in [3.63, 3.8) is 0 Å². The average Bonchev–Trinajstić information content (AvgIpc) is 3.10. The molecule has 2 aromatic carbocycles. The summed E-state index contributed by atoms with van der Waals surface area (Å²) in [6.45, 7) is 3.71. The molecule has 7 nitrogen and oxygen atoms in total. The number of benzene rings is 2. The number of pyridine rings is 1. The van der Waals surface area contributed by atoms with Crippen LogP contribution in [0.4, 0.5) is 5.69 Å². The first-order valence-electron chi connectivity index (χ1n) is 9.58. The van der Waals surface area contributed by atoms with Crippen LogP contribution in [0.5, 0.6) is 11.5 Å². The third-order valence-corrected chi connectivity index (χ3v) is 5.20. The number of nitrogens with one attached hydrogen (secondary N) is 1. The molecule has 2 aromatic heterocycles. The van der Waals surface area contributed by atoms with Crippen LogP contribution in [0.2, 0.25) is 5.02 Å². The van der Waals surface area contributed by atoms with Crippen LogP contribution in [-0.2, 0) is 0 Å². The van der Waals surface area contributed by atoms with Crippen molar-refractivity contribution in [1.29, 1.82) is 0 Å². The van der Waals surface area contributed by atoms with Gasteiger partial charge in [-0.05, 0) is 38.1 Å². The molecular formula is C23H21ClN4O3. The van der Waals surface area contributed by atoms with Gasteiger partial charge in [-0.2, -0.15) is 5.10 Å². The zero-order valence-electron chi connectivity index (χ0n) is 17.6. The molecule has 0 aliphatic heterocycles. The van der Waals surface area contributed by atoms with Crippen LogP contribution in [0.15, 0.2) is 48.5 Å². The lowest BCUT2D eigenvalue weighted by atomic mass is 10.1. The number of hydrogen-bond donors (Lipinski definition) is 1. The van der Waals surface area contributed by atoms with Crippen LogP contribution in [-0.4, -0.2) is 34.9 Å². The topological polar surface area (TPSA) is 78.3 Å². The number of amides is 1. The molecule has 0 fully saturated rings. The molecule has 0 aliphatic carbocycles. The number of methoxy groups -OCH3 is 2. The Morgan fingerprint density at radius 3 is 2.42 bits per heavy atom. The van der Waals surface area contributed by atoms with Gasteiger partial charge in [-0.15, -0.1) is 0 Å². The lowest BCUT2D eigenvalue weighted by molar-refractivity contribution is 0.102. The molecule has 1 amide bonds. The van der Waals surface area contributed by atoms with E-state index >= 15 is 0 Å². The van der Waals surface area contributed by atoms with E-state index in [9.17, 15) is 4.79 Å². The number of nitrogens with zero attached hydrogens (tertiary/aromatic N) is 3. The van der Waals surface area contributed by atoms with Crippen molar-refractivity contribution in [3.8, 4) is 17.2 Å². The van der Waals surface area contributed by atoms with E-state index in [4.69, 9.17) is 21.1 Å². The number of aryl methyl sites for hydroxylation is 2. The Kier molecular flexibility index (Phi) is 5.52. The number of aromatic nitrogens is 3. The first kappa shape index (κ1) is 20.7. The summed E-state index contributed by atoms with van der Waals surface area (Å²) in [7, 11) is 3.03. The fraction of sp³-hybridized carbons (Fsp3) is 0.174. The quantitative estimate of drug-likeness (QED) is 0.478. The van der Waals surface area contributed by atoms with Gasteiger partial charge in [0.2, 0.25) is 0 Å². The predicted octanol–water partition coefficient (Wildman–Crippen LogP) is 4.96. The summed E-state index contributed by atoms with van der Waals surface area (Å²) in [6, 6.07) is 14.7. The maximum atomic E-state index is 13.3. The summed E-state index contributed by atoms with van der Waals surface area (Å²) >= 11 is 6.25. The van der Waals surface area contributed by atoms with Gasteiger partial charge in [0.1, 0.15) is 11.5 Å². The Labute approximate surface area is 184 Å². The molecule has 0 bridgehead atoms. The minimum Gasteiger partial charge on any atom is -0.495 e. The minimum absolute atomic E-state index is 0.314. The number of rotatable bonds is 5. The van der Waals surface area contributed by atoms with Crippen molar-refractivity contribution in [1.82, 2.24) is 14.8 Å². The first-order valence-corrected chi connectivity index (χ1v) is 9.96. The highest BCUT2D eigenvalue weighted by Crippen LogP contribution is 2.36. The first-order chi connectivity index (χ1) is 14.9. The van der Waals surface area contributed by atoms with E-state index < -0.39 is 0 Å². The zero-order chi connectivity index (χ0) is 22.1. The SMILES string of the molecule is COc1cc(OC)c(NC(=O)c2cc(C)nc3c2c(C)nn3-c2ccccc2)cc1Cl. The Bertz CT molecular complexity index is 1290. The van der Waals surface area contributed by atoms with Gasteiger partial charge in [-0.3, -0.25) is 4.79 Å². The Hall–Kier alpha value is -3.58. The summed E-state index contributed by atoms with van der Waals surface area (Å²) < 4.78 is 12.4. The normalized spacial score (nSPS) is 10.9. The fourth-order valence-corrected chi connectivity index (χ4v) is 3.73. The number of carbonyl (C=O) groups is 1. The van der Waals surface area contributed by atoms with Crippen LogP contribution < -0.4 is 14.8 Å². The third-order valence-electron chi connectivity index (χ3n) is 4.91. The number of carbonyl (C=O) groups excluding carboxylic acids is 1. The Morgan fingerprint density at radius 2 is 1.74 bits per heavy atom. The lowest BCUT2D eigenvalue weighted by Gasteiger charge is -2.14. The monoisotopic (exact) mass is 436 g/mol. The Morgan fingerprint density at radius 1 is 1.03 bits per heavy atom. The van der Waals surface area contributed by atoms with Gasteiger partial charge in [0.05, 0.1) is 47.3 Å². The molecule has 8 heteroatoms. The molecule has 4 aromatic rings. The average molecular weight is 437 g/mol. The summed E-state index contributed by atoms with van der Waals surface area (Å²) in [6.07, 6.45) is 0. The maximum absolute atomic E-state index is 13.3. The molecule has 158 valence electrons. The molecule has 0 spiro atoms. The summed E-state index contributed by atoms with van der Waals surface area (Å²) in [5, 5.41) is 8.58. The Balaban J connectivity index is 1.81. The van der Waals surface area contributed by atoms with Gasteiger partial charge in [-0.1, -0.05) is 29.8 Å². The van der Waals surface area contributed by atoms with Gasteiger partial charge in [0.15, 0.2) is 5.65 Å². The van der Waals surface area contributed by atoms with Crippen molar-refractivity contribution in [2.45, 2.75) is 13.8 Å². The van der Waals surface area contributed by atoms with Crippen LogP contribution >= 0.6 is 11.6 Å². The highest BCUT2D eigenvalue weighted by Gasteiger charge is 2.21. The molecule has 0 radical (unpaired) electrons. The van der Waals surface area contributed by atoms with Gasteiger partial charge in [-0.25, -0.2) is 9.67 Å². The standard InChI is InChI=1S/C23H21ClN4O3/c1-13-10-16(23(29)26-18-11-17(24)19(30-3)12-20(18)31-4)21-14(2)27-28(22(21)25-13)15-8-6-5-7-9-15/h5-12H,1-4H3,(H,26,29). The van der Waals surface area contributed by atoms with Gasteiger partial charge >= 0.3 is 0 Å². The molecule has 1 N–H and O–H groups in total. The number of ether oxygens (including phenoxy) is 2. The fourth-order valence-electron chi connectivity index (χ4n) is 3.49. The van der Waals surface area contributed by atoms with Crippen molar-refractivity contribution < 1.29 is 14.3 Å². The largest absolute Gasteiger partial charge is 0.495 e. The number of hydrogen-bond acceptors (Lipinski definition) is 5. The van der Waals surface area contributed by atoms with E-state index in [-0.39, 0.29) is 5.91 Å². The van der Waals surface area contributed by atoms with E-state index in [2.05, 4.69) is 15.4 Å². The van der Waals surface area contributed by atoms with Crippen LogP contribution in [0, 0.1) is 13.8 Å². The minimum atomic E-state index is -0.314. The number of halogens is 1. The lowest BCUT2D eigenvalue weighted by Crippen LogP contribution is -2.14. The second-order valence-electron chi connectivity index (χ2n) is 6.98. The highest BCUT2D eigenvalue weighted by atomic mass is 35.5. The molecule has 2 heterocycles. The number of anilines is 1. The van der Waals surface area contributed by atoms with Gasteiger partial charge in [0.25, 0.3) is 5.91 Å². The molecule has 0 saturated carbocycles. The molecule has 0 aliphatic rings. The number of fused-ring (bicyclic) bond motifs is 1. The van der Waals surface area contributed by atoms with Crippen molar-refractivity contribution in [2.75, 3.05) is 19.5 Å². The second kappa shape index (κ2) is 8.28. The smallest absolute Gasteiger partial charge is 0.256 e. The van der Waals surface area contributed by atoms with Crippen LogP contribution in [0.3, 0.4) is 0 Å². The van der Waals surface area contributed by atoms with E-state index in [1.807, 2.05) is 44.2 Å². The van der Waals surface area contributed by atoms with Crippen LogP contribution in [0.25, 0.3) is 16.7 Å². The van der Waals surface area contributed by atoms with E-state index in [0.717, 1.165) is 5.69 Å². The molecule has 0 atom stereocenters. The van der Waals surface area contributed by atoms with Crippen molar-refractivity contribution >= 4 is 34.2 Å². The molecule has 0 unspecified atom stereocenters. The zero-order valence-corrected chi connectivity index (χ0v) is 18.3. The summed E-state index contributed by atoms with van der Waals surface area (Å²) in [5.41, 5.74) is 3.80. The summed E-state index contributed by atoms with van der Waals surface area (Å²) in [4.78, 5) is 18.0. The molecule has 0 saturated heterocycles. The number of para-hydroxylation sites is 1. The third kappa shape index (κ3) is 3.80. The molecular weight excluding hydrogens is 416 g/mol. The maximum Gasteiger partial charge on any atom is 0.256 e. The van der Waals surface area contributed by atoms with Crippen LogP contribution in [0.1, 0.15) is 21.7 Å². The van der Waals surface area contributed by atoms with Gasteiger partial charge < -0.3 is 14.8 Å². The van der Waals surface area contributed by atoms with E-state index in [1.54, 1.807) is 22.9 Å². The summed E-state index contributed by atoms with van der Waals surface area (Å²) in [5.74, 6) is 0.581. The van der Waals surface area contributed by atoms with Crippen molar-refractivity contribution in [2.24, 2.45) is 0 Å². The predicted molar refractivity (Wildman–Crippen MR) is 121 cm³/mol.